The molecule has 164 valence electrons. The molecule has 0 aromatic heterocycles. The van der Waals surface area contributed by atoms with Crippen molar-refractivity contribution in [2.75, 3.05) is 0 Å². The van der Waals surface area contributed by atoms with Crippen molar-refractivity contribution < 1.29 is 40.9 Å². The topological polar surface area (TPSA) is 147 Å². The first-order valence-corrected chi connectivity index (χ1v) is 9.71. The van der Waals surface area contributed by atoms with Gasteiger partial charge in [0.15, 0.2) is 0 Å². The Bertz CT molecular complexity index is 1240. The van der Waals surface area contributed by atoms with Crippen molar-refractivity contribution in [3.63, 3.8) is 0 Å². The maximum Gasteiger partial charge on any atom is 0.417 e. The summed E-state index contributed by atoms with van der Waals surface area (Å²) in [4.78, 5) is 21.7. The van der Waals surface area contributed by atoms with E-state index in [4.69, 9.17) is 15.5 Å². The lowest BCUT2D eigenvalue weighted by atomic mass is 9.98. The zero-order valence-corrected chi connectivity index (χ0v) is 16.2. The summed E-state index contributed by atoms with van der Waals surface area (Å²) >= 11 is 0. The zero-order chi connectivity index (χ0) is 23.4. The smallest absolute Gasteiger partial charge is 0.366 e. The Hall–Kier alpha value is -3.48. The van der Waals surface area contributed by atoms with E-state index in [0.29, 0.717) is 17.5 Å². The summed E-state index contributed by atoms with van der Waals surface area (Å²) in [6, 6.07) is 13.6. The van der Waals surface area contributed by atoms with Crippen LogP contribution in [0.25, 0.3) is 10.8 Å². The zero-order valence-electron chi connectivity index (χ0n) is 15.4. The summed E-state index contributed by atoms with van der Waals surface area (Å²) in [6.07, 6.45) is -4.80. The standard InChI is InChI=1S/C12H10N2O3.C7H5F3O3S/c13-11(15)9-6-5-7-3-1-2-4-8(7)10(9)12(16)14-17;8-7(9,10)5-3-1-2-4-6(5)14(11,12)13/h1-6,17H,(H2,13,15)(H,14,16);1-4H,(H,11,12,13). The summed E-state index contributed by atoms with van der Waals surface area (Å²) in [7, 11) is -4.84. The van der Waals surface area contributed by atoms with E-state index in [1.165, 1.54) is 11.5 Å². The minimum atomic E-state index is -4.84. The van der Waals surface area contributed by atoms with Gasteiger partial charge < -0.3 is 5.73 Å². The largest absolute Gasteiger partial charge is 0.417 e. The average molecular weight is 456 g/mol. The molecule has 0 aliphatic rings. The lowest BCUT2D eigenvalue weighted by Gasteiger charge is -2.09. The van der Waals surface area contributed by atoms with Crippen molar-refractivity contribution in [3.8, 4) is 0 Å². The highest BCUT2D eigenvalue weighted by Crippen LogP contribution is 2.33. The monoisotopic (exact) mass is 456 g/mol. The minimum absolute atomic E-state index is 0.0789. The number of hydrogen-bond donors (Lipinski definition) is 4. The SMILES string of the molecule is NC(=O)c1ccc2ccccc2c1C(=O)NO.O=S(=O)(O)c1ccccc1C(F)(F)F. The number of nitrogens with one attached hydrogen (secondary N) is 1. The van der Waals surface area contributed by atoms with Gasteiger partial charge in [-0.15, -0.1) is 0 Å². The Labute approximate surface area is 173 Å². The number of nitrogens with two attached hydrogens (primary N) is 1. The molecule has 0 heterocycles. The van der Waals surface area contributed by atoms with Crippen LogP contribution in [0.15, 0.2) is 65.6 Å². The molecule has 0 fully saturated rings. The number of carbonyl (C=O) groups excluding carboxylic acids is 2. The molecule has 0 unspecified atom stereocenters. The second-order valence-corrected chi connectivity index (χ2v) is 7.37. The van der Waals surface area contributed by atoms with Gasteiger partial charge in [0.1, 0.15) is 4.90 Å². The lowest BCUT2D eigenvalue weighted by Crippen LogP contribution is -2.24. The molecule has 0 saturated carbocycles. The Kier molecular flexibility index (Phi) is 7.00. The summed E-state index contributed by atoms with van der Waals surface area (Å²) in [5, 5.41) is 10.1. The van der Waals surface area contributed by atoms with Crippen LogP contribution in [0, 0.1) is 0 Å². The molecule has 8 nitrogen and oxygen atoms in total. The Morgan fingerprint density at radius 2 is 1.52 bits per heavy atom. The number of rotatable bonds is 3. The third-order valence-electron chi connectivity index (χ3n) is 3.99. The van der Waals surface area contributed by atoms with E-state index in [9.17, 15) is 31.2 Å². The number of hydroxylamine groups is 1. The van der Waals surface area contributed by atoms with Crippen molar-refractivity contribution in [3.05, 3.63) is 77.4 Å². The van der Waals surface area contributed by atoms with Gasteiger partial charge in [0.2, 0.25) is 5.91 Å². The quantitative estimate of drug-likeness (QED) is 0.271. The molecule has 0 radical (unpaired) electrons. The number of alkyl halides is 3. The molecular formula is C19H15F3N2O6S. The number of primary amides is 1. The molecule has 3 rings (SSSR count). The van der Waals surface area contributed by atoms with Crippen LogP contribution in [-0.4, -0.2) is 30.0 Å². The van der Waals surface area contributed by atoms with Crippen molar-refractivity contribution in [2.24, 2.45) is 5.73 Å². The van der Waals surface area contributed by atoms with E-state index in [-0.39, 0.29) is 11.1 Å². The highest BCUT2D eigenvalue weighted by molar-refractivity contribution is 7.85. The summed E-state index contributed by atoms with van der Waals surface area (Å²) in [5.74, 6) is -1.47. The summed E-state index contributed by atoms with van der Waals surface area (Å²) in [5.41, 5.74) is 5.51. The van der Waals surface area contributed by atoms with Gasteiger partial charge >= 0.3 is 6.18 Å². The molecule has 12 heteroatoms. The highest BCUT2D eigenvalue weighted by atomic mass is 32.2. The van der Waals surface area contributed by atoms with Gasteiger partial charge in [-0.25, -0.2) is 5.48 Å². The molecule has 5 N–H and O–H groups in total. The number of fused-ring (bicyclic) bond motifs is 1. The Morgan fingerprint density at radius 3 is 2.03 bits per heavy atom. The lowest BCUT2D eigenvalue weighted by molar-refractivity contribution is -0.140. The van der Waals surface area contributed by atoms with Gasteiger partial charge in [-0.1, -0.05) is 42.5 Å². The van der Waals surface area contributed by atoms with Crippen LogP contribution in [-0.2, 0) is 16.3 Å². The molecule has 0 aliphatic heterocycles. The normalized spacial score (nSPS) is 11.4. The minimum Gasteiger partial charge on any atom is -0.366 e. The second-order valence-electron chi connectivity index (χ2n) is 5.98. The maximum absolute atomic E-state index is 12.2. The first kappa shape index (κ1) is 23.8. The van der Waals surface area contributed by atoms with Crippen molar-refractivity contribution >= 4 is 32.7 Å². The summed E-state index contributed by atoms with van der Waals surface area (Å²) < 4.78 is 66.2. The van der Waals surface area contributed by atoms with Gasteiger partial charge in [-0.05, 0) is 29.0 Å². The van der Waals surface area contributed by atoms with Crippen LogP contribution in [0.1, 0.15) is 26.3 Å². The van der Waals surface area contributed by atoms with E-state index in [1.807, 2.05) is 6.07 Å². The molecule has 0 saturated heterocycles. The van der Waals surface area contributed by atoms with Crippen molar-refractivity contribution in [2.45, 2.75) is 11.1 Å². The fourth-order valence-corrected chi connectivity index (χ4v) is 3.42. The van der Waals surface area contributed by atoms with Gasteiger partial charge in [0.25, 0.3) is 16.0 Å². The maximum atomic E-state index is 12.2. The average Bonchev–Trinajstić information content (AvgIpc) is 2.71. The van der Waals surface area contributed by atoms with Crippen LogP contribution >= 0.6 is 0 Å². The second kappa shape index (κ2) is 9.12. The first-order valence-electron chi connectivity index (χ1n) is 8.27. The molecule has 0 spiro atoms. The third-order valence-corrected chi connectivity index (χ3v) is 4.91. The van der Waals surface area contributed by atoms with E-state index in [1.54, 1.807) is 24.3 Å². The highest BCUT2D eigenvalue weighted by Gasteiger charge is 2.36. The van der Waals surface area contributed by atoms with Crippen LogP contribution in [0.5, 0.6) is 0 Å². The fraction of sp³-hybridized carbons (Fsp3) is 0.0526. The predicted octanol–water partition coefficient (Wildman–Crippen LogP) is 3.01. The molecule has 0 atom stereocenters. The fourth-order valence-electron chi connectivity index (χ4n) is 2.70. The van der Waals surface area contributed by atoms with Crippen LogP contribution in [0.2, 0.25) is 0 Å². The number of benzene rings is 3. The molecule has 0 bridgehead atoms. The van der Waals surface area contributed by atoms with E-state index in [0.717, 1.165) is 17.5 Å². The van der Waals surface area contributed by atoms with Gasteiger partial charge in [-0.2, -0.15) is 21.6 Å². The Balaban J connectivity index is 0.000000225. The van der Waals surface area contributed by atoms with Crippen LogP contribution in [0.3, 0.4) is 0 Å². The van der Waals surface area contributed by atoms with Gasteiger partial charge in [-0.3, -0.25) is 19.3 Å². The van der Waals surface area contributed by atoms with E-state index < -0.39 is 38.6 Å². The number of halogens is 3. The van der Waals surface area contributed by atoms with E-state index in [2.05, 4.69) is 0 Å². The van der Waals surface area contributed by atoms with Crippen molar-refractivity contribution in [1.29, 1.82) is 0 Å². The molecule has 31 heavy (non-hydrogen) atoms. The molecular weight excluding hydrogens is 441 g/mol. The van der Waals surface area contributed by atoms with Crippen molar-refractivity contribution in [1.82, 2.24) is 5.48 Å². The number of carbonyl (C=O) groups is 2. The summed E-state index contributed by atoms with van der Waals surface area (Å²) in [6.45, 7) is 0. The molecule has 0 aliphatic carbocycles. The third kappa shape index (κ3) is 5.57. The first-order chi connectivity index (χ1) is 14.4. The van der Waals surface area contributed by atoms with Crippen LogP contribution in [0.4, 0.5) is 13.2 Å². The molecule has 2 amide bonds. The number of hydrogen-bond acceptors (Lipinski definition) is 5. The van der Waals surface area contributed by atoms with Gasteiger partial charge in [0, 0.05) is 0 Å². The van der Waals surface area contributed by atoms with E-state index >= 15 is 0 Å². The van der Waals surface area contributed by atoms with Crippen LogP contribution < -0.4 is 11.2 Å². The Morgan fingerprint density at radius 1 is 0.935 bits per heavy atom. The predicted molar refractivity (Wildman–Crippen MR) is 103 cm³/mol. The number of amides is 2. The van der Waals surface area contributed by atoms with Gasteiger partial charge in [0.05, 0.1) is 16.7 Å². The molecule has 3 aromatic rings. The molecule has 3 aromatic carbocycles.